The summed E-state index contributed by atoms with van der Waals surface area (Å²) in [5.74, 6) is -1.31. The van der Waals surface area contributed by atoms with Gasteiger partial charge in [-0.25, -0.2) is 8.78 Å². The maximum absolute atomic E-state index is 12.8. The van der Waals surface area contributed by atoms with Crippen molar-refractivity contribution in [3.05, 3.63) is 34.6 Å². The molecule has 1 heterocycles. The number of rotatable bonds is 1. The van der Waals surface area contributed by atoms with Crippen LogP contribution < -0.4 is 0 Å². The second-order valence-electron chi connectivity index (χ2n) is 2.53. The summed E-state index contributed by atoms with van der Waals surface area (Å²) in [4.78, 5) is 3.77. The largest absolute Gasteiger partial charge is 0.333 e. The molecule has 0 atom stereocenters. The van der Waals surface area contributed by atoms with Crippen LogP contribution in [0.5, 0.6) is 0 Å². The molecule has 0 spiro atoms. The van der Waals surface area contributed by atoms with Crippen molar-refractivity contribution >= 4 is 15.9 Å². The molecule has 0 aliphatic rings. The summed E-state index contributed by atoms with van der Waals surface area (Å²) in [6.45, 7) is 0. The molecule has 0 N–H and O–H groups in total. The molecule has 3 nitrogen and oxygen atoms in total. The Morgan fingerprint density at radius 3 is 2.29 bits per heavy atom. The lowest BCUT2D eigenvalue weighted by atomic mass is 10.2. The highest BCUT2D eigenvalue weighted by atomic mass is 79.9. The summed E-state index contributed by atoms with van der Waals surface area (Å²) in [7, 11) is 0. The zero-order valence-electron chi connectivity index (χ0n) is 6.67. The third kappa shape index (κ3) is 1.79. The lowest BCUT2D eigenvalue weighted by molar-refractivity contribution is 0.425. The zero-order chi connectivity index (χ0) is 10.1. The van der Waals surface area contributed by atoms with Crippen molar-refractivity contribution in [3.63, 3.8) is 0 Å². The first-order valence-corrected chi connectivity index (χ1v) is 4.40. The van der Waals surface area contributed by atoms with E-state index in [1.807, 2.05) is 0 Å². The lowest BCUT2D eigenvalue weighted by Crippen LogP contribution is -1.83. The van der Waals surface area contributed by atoms with Gasteiger partial charge in [0.2, 0.25) is 4.73 Å². The molecule has 0 unspecified atom stereocenters. The molecule has 0 saturated heterocycles. The fourth-order valence-electron chi connectivity index (χ4n) is 1.00. The minimum atomic E-state index is -0.686. The molecule has 0 fully saturated rings. The summed E-state index contributed by atoms with van der Waals surface area (Å²) in [6, 6.07) is 3.00. The maximum Gasteiger partial charge on any atom is 0.258 e. The third-order valence-corrected chi connectivity index (χ3v) is 1.83. The molecule has 2 aromatic rings. The summed E-state index contributed by atoms with van der Waals surface area (Å²) >= 11 is 2.96. The monoisotopic (exact) mass is 260 g/mol. The Morgan fingerprint density at radius 2 is 1.79 bits per heavy atom. The van der Waals surface area contributed by atoms with Gasteiger partial charge in [0.1, 0.15) is 11.6 Å². The number of aromatic nitrogens is 2. The Kier molecular flexibility index (Phi) is 2.28. The van der Waals surface area contributed by atoms with Crippen LogP contribution in [0.3, 0.4) is 0 Å². The van der Waals surface area contributed by atoms with Crippen LogP contribution in [0.1, 0.15) is 0 Å². The molecule has 0 amide bonds. The summed E-state index contributed by atoms with van der Waals surface area (Å²) < 4.78 is 30.5. The van der Waals surface area contributed by atoms with E-state index in [-0.39, 0.29) is 16.2 Å². The van der Waals surface area contributed by atoms with Gasteiger partial charge in [-0.3, -0.25) is 0 Å². The van der Waals surface area contributed by atoms with Gasteiger partial charge in [0.15, 0.2) is 0 Å². The Hall–Kier alpha value is -1.30. The number of hydrogen-bond donors (Lipinski definition) is 0. The van der Waals surface area contributed by atoms with Crippen molar-refractivity contribution in [2.45, 2.75) is 0 Å². The summed E-state index contributed by atoms with van der Waals surface area (Å²) in [5, 5.41) is 3.44. The van der Waals surface area contributed by atoms with Gasteiger partial charge in [-0.1, -0.05) is 0 Å². The van der Waals surface area contributed by atoms with E-state index >= 15 is 0 Å². The molecular formula is C8H3BrF2N2O. The van der Waals surface area contributed by atoms with Crippen LogP contribution in [0.25, 0.3) is 11.5 Å². The molecule has 2 rings (SSSR count). The van der Waals surface area contributed by atoms with E-state index in [1.54, 1.807) is 0 Å². The van der Waals surface area contributed by atoms with Crippen molar-refractivity contribution in [3.8, 4) is 11.5 Å². The summed E-state index contributed by atoms with van der Waals surface area (Å²) in [5.41, 5.74) is 0.209. The van der Waals surface area contributed by atoms with Gasteiger partial charge in [0.05, 0.1) is 0 Å². The maximum atomic E-state index is 12.8. The van der Waals surface area contributed by atoms with Crippen LogP contribution in [0.4, 0.5) is 8.78 Å². The molecular weight excluding hydrogens is 258 g/mol. The fraction of sp³-hybridized carbons (Fsp3) is 0. The van der Waals surface area contributed by atoms with E-state index in [0.717, 1.165) is 18.2 Å². The SMILES string of the molecule is Fc1cc(F)cc(-c2nc(Br)no2)c1. The van der Waals surface area contributed by atoms with E-state index in [4.69, 9.17) is 4.52 Å². The van der Waals surface area contributed by atoms with Crippen molar-refractivity contribution in [2.24, 2.45) is 0 Å². The van der Waals surface area contributed by atoms with Gasteiger partial charge in [-0.2, -0.15) is 4.98 Å². The standard InChI is InChI=1S/C8H3BrF2N2O/c9-8-12-7(14-13-8)4-1-5(10)3-6(11)2-4/h1-3H. The number of benzene rings is 1. The molecule has 0 aliphatic carbocycles. The predicted octanol–water partition coefficient (Wildman–Crippen LogP) is 2.78. The van der Waals surface area contributed by atoms with Gasteiger partial charge >= 0.3 is 0 Å². The third-order valence-electron chi connectivity index (χ3n) is 1.51. The molecule has 14 heavy (non-hydrogen) atoms. The number of nitrogens with zero attached hydrogens (tertiary/aromatic N) is 2. The first-order valence-electron chi connectivity index (χ1n) is 3.61. The first kappa shape index (κ1) is 9.26. The average molecular weight is 261 g/mol. The van der Waals surface area contributed by atoms with Crippen molar-refractivity contribution in [1.82, 2.24) is 10.1 Å². The highest BCUT2D eigenvalue weighted by Gasteiger charge is 2.09. The van der Waals surface area contributed by atoms with Crippen LogP contribution in [0, 0.1) is 11.6 Å². The fourth-order valence-corrected chi connectivity index (χ4v) is 1.23. The number of halogens is 3. The van der Waals surface area contributed by atoms with Gasteiger partial charge in [0, 0.05) is 11.6 Å². The molecule has 1 aromatic heterocycles. The molecule has 0 aliphatic heterocycles. The van der Waals surface area contributed by atoms with Crippen LogP contribution in [0.15, 0.2) is 27.5 Å². The highest BCUT2D eigenvalue weighted by molar-refractivity contribution is 9.10. The smallest absolute Gasteiger partial charge is 0.258 e. The predicted molar refractivity (Wildman–Crippen MR) is 47.4 cm³/mol. The molecule has 1 aromatic carbocycles. The molecule has 0 radical (unpaired) electrons. The van der Waals surface area contributed by atoms with Gasteiger partial charge < -0.3 is 4.52 Å². The van der Waals surface area contributed by atoms with Crippen LogP contribution in [-0.4, -0.2) is 10.1 Å². The minimum Gasteiger partial charge on any atom is -0.333 e. The minimum absolute atomic E-state index is 0.0651. The quantitative estimate of drug-likeness (QED) is 0.792. The van der Waals surface area contributed by atoms with Crippen molar-refractivity contribution < 1.29 is 13.3 Å². The van der Waals surface area contributed by atoms with Gasteiger partial charge in [-0.05, 0) is 33.2 Å². The van der Waals surface area contributed by atoms with Gasteiger partial charge in [-0.15, -0.1) is 0 Å². The summed E-state index contributed by atoms with van der Waals surface area (Å²) in [6.07, 6.45) is 0. The molecule has 72 valence electrons. The Labute approximate surface area is 85.9 Å². The normalized spacial score (nSPS) is 10.5. The second kappa shape index (κ2) is 3.45. The van der Waals surface area contributed by atoms with E-state index < -0.39 is 11.6 Å². The number of hydrogen-bond acceptors (Lipinski definition) is 3. The van der Waals surface area contributed by atoms with E-state index in [1.165, 1.54) is 0 Å². The van der Waals surface area contributed by atoms with Gasteiger partial charge in [0.25, 0.3) is 5.89 Å². The van der Waals surface area contributed by atoms with Crippen LogP contribution in [0.2, 0.25) is 0 Å². The average Bonchev–Trinajstić information content (AvgIpc) is 2.50. The zero-order valence-corrected chi connectivity index (χ0v) is 8.25. The first-order chi connectivity index (χ1) is 6.65. The van der Waals surface area contributed by atoms with Crippen molar-refractivity contribution in [1.29, 1.82) is 0 Å². The molecule has 0 saturated carbocycles. The van der Waals surface area contributed by atoms with E-state index in [9.17, 15) is 8.78 Å². The van der Waals surface area contributed by atoms with E-state index in [2.05, 4.69) is 26.1 Å². The Bertz CT molecular complexity index is 452. The molecule has 6 heteroatoms. The Morgan fingerprint density at radius 1 is 1.14 bits per heavy atom. The van der Waals surface area contributed by atoms with Crippen LogP contribution in [-0.2, 0) is 0 Å². The molecule has 0 bridgehead atoms. The Balaban J connectivity index is 2.51. The van der Waals surface area contributed by atoms with E-state index in [0.29, 0.717) is 0 Å². The highest BCUT2D eigenvalue weighted by Crippen LogP contribution is 2.20. The lowest BCUT2D eigenvalue weighted by Gasteiger charge is -1.94. The second-order valence-corrected chi connectivity index (χ2v) is 3.24. The topological polar surface area (TPSA) is 38.9 Å². The van der Waals surface area contributed by atoms with Crippen molar-refractivity contribution in [2.75, 3.05) is 0 Å². The van der Waals surface area contributed by atoms with Crippen LogP contribution >= 0.6 is 15.9 Å².